The van der Waals surface area contributed by atoms with Crippen LogP contribution in [0.1, 0.15) is 12.5 Å². The first-order chi connectivity index (χ1) is 11.1. The first-order valence-corrected chi connectivity index (χ1v) is 7.43. The number of hydrogen-bond acceptors (Lipinski definition) is 4. The van der Waals surface area contributed by atoms with E-state index in [1.54, 1.807) is 11.0 Å². The first-order valence-electron chi connectivity index (χ1n) is 7.43. The van der Waals surface area contributed by atoms with Crippen LogP contribution in [0.3, 0.4) is 0 Å². The Morgan fingerprint density at radius 3 is 2.65 bits per heavy atom. The van der Waals surface area contributed by atoms with E-state index in [9.17, 15) is 9.59 Å². The molecule has 1 fully saturated rings. The molecule has 0 N–H and O–H groups in total. The van der Waals surface area contributed by atoms with E-state index in [1.807, 2.05) is 30.3 Å². The van der Waals surface area contributed by atoms with E-state index in [4.69, 9.17) is 9.47 Å². The van der Waals surface area contributed by atoms with E-state index in [0.29, 0.717) is 18.7 Å². The Bertz CT molecular complexity index is 621. The fourth-order valence-corrected chi connectivity index (χ4v) is 2.67. The second kappa shape index (κ2) is 7.74. The van der Waals surface area contributed by atoms with Gasteiger partial charge in [0.2, 0.25) is 0 Å². The highest BCUT2D eigenvalue weighted by molar-refractivity contribution is 5.97. The Kier molecular flexibility index (Phi) is 5.71. The summed E-state index contributed by atoms with van der Waals surface area (Å²) < 4.78 is 10.3. The van der Waals surface area contributed by atoms with Crippen LogP contribution in [0.2, 0.25) is 0 Å². The lowest BCUT2D eigenvalue weighted by Gasteiger charge is -2.15. The van der Waals surface area contributed by atoms with Gasteiger partial charge in [0.05, 0.1) is 5.57 Å². The minimum Gasteiger partial charge on any atom is -0.428 e. The average molecular weight is 315 g/mol. The molecule has 122 valence electrons. The Labute approximate surface area is 136 Å². The number of carbonyl (C=O) groups is 2. The summed E-state index contributed by atoms with van der Waals surface area (Å²) in [5.74, 6) is -0.533. The number of carbonyl (C=O) groups excluding carboxylic acids is 2. The predicted molar refractivity (Wildman–Crippen MR) is 86.2 cm³/mol. The molecule has 1 aromatic rings. The summed E-state index contributed by atoms with van der Waals surface area (Å²) in [5.41, 5.74) is 1.50. The molecule has 1 aliphatic heterocycles. The fraction of sp³-hybridized carbons (Fsp3) is 0.333. The second-order valence-corrected chi connectivity index (χ2v) is 5.38. The van der Waals surface area contributed by atoms with Gasteiger partial charge in [-0.15, -0.1) is 6.58 Å². The van der Waals surface area contributed by atoms with Gasteiger partial charge in [0.1, 0.15) is 12.4 Å². The van der Waals surface area contributed by atoms with Crippen molar-refractivity contribution in [3.05, 3.63) is 59.9 Å². The van der Waals surface area contributed by atoms with Crippen molar-refractivity contribution in [3.8, 4) is 0 Å². The fourth-order valence-electron chi connectivity index (χ4n) is 2.67. The predicted octanol–water partition coefficient (Wildman–Crippen LogP) is 2.29. The molecule has 1 aliphatic rings. The van der Waals surface area contributed by atoms with Crippen molar-refractivity contribution in [1.82, 2.24) is 4.90 Å². The van der Waals surface area contributed by atoms with Gasteiger partial charge in [0, 0.05) is 33.0 Å². The molecule has 1 atom stereocenters. The summed E-state index contributed by atoms with van der Waals surface area (Å²) >= 11 is 0. The highest BCUT2D eigenvalue weighted by atomic mass is 16.6. The lowest BCUT2D eigenvalue weighted by atomic mass is 10.0. The number of likely N-dealkylation sites (tertiary alicyclic amines) is 1. The quantitative estimate of drug-likeness (QED) is 0.350. The topological polar surface area (TPSA) is 55.8 Å². The average Bonchev–Trinajstić information content (AvgIpc) is 2.83. The smallest absolute Gasteiger partial charge is 0.307 e. The molecule has 0 spiro atoms. The minimum atomic E-state index is -0.471. The van der Waals surface area contributed by atoms with E-state index in [1.165, 1.54) is 14.0 Å². The number of hydrogen-bond donors (Lipinski definition) is 0. The maximum Gasteiger partial charge on any atom is 0.307 e. The SMILES string of the molecule is C=CC1CN(Cc2ccccc2)C(=O)/C1=C(/COC)OC(C)=O. The van der Waals surface area contributed by atoms with Gasteiger partial charge in [-0.3, -0.25) is 9.59 Å². The maximum absolute atomic E-state index is 12.8. The summed E-state index contributed by atoms with van der Waals surface area (Å²) in [7, 11) is 1.49. The molecule has 0 bridgehead atoms. The molecule has 0 aromatic heterocycles. The summed E-state index contributed by atoms with van der Waals surface area (Å²) in [6.45, 7) is 6.20. The molecule has 0 saturated carbocycles. The molecule has 5 heteroatoms. The number of nitrogens with zero attached hydrogens (tertiary/aromatic N) is 1. The van der Waals surface area contributed by atoms with Crippen molar-refractivity contribution in [2.45, 2.75) is 13.5 Å². The molecular weight excluding hydrogens is 294 g/mol. The second-order valence-electron chi connectivity index (χ2n) is 5.38. The third-order valence-electron chi connectivity index (χ3n) is 3.65. The molecule has 5 nitrogen and oxygen atoms in total. The van der Waals surface area contributed by atoms with Crippen molar-refractivity contribution in [3.63, 3.8) is 0 Å². The van der Waals surface area contributed by atoms with Crippen LogP contribution in [0, 0.1) is 5.92 Å². The van der Waals surface area contributed by atoms with Crippen LogP contribution >= 0.6 is 0 Å². The van der Waals surface area contributed by atoms with Gasteiger partial charge in [-0.1, -0.05) is 36.4 Å². The van der Waals surface area contributed by atoms with Crippen molar-refractivity contribution < 1.29 is 19.1 Å². The van der Waals surface area contributed by atoms with E-state index >= 15 is 0 Å². The minimum absolute atomic E-state index is 0.0736. The van der Waals surface area contributed by atoms with Gasteiger partial charge in [0.15, 0.2) is 0 Å². The third-order valence-corrected chi connectivity index (χ3v) is 3.65. The van der Waals surface area contributed by atoms with E-state index in [0.717, 1.165) is 5.56 Å². The lowest BCUT2D eigenvalue weighted by molar-refractivity contribution is -0.137. The van der Waals surface area contributed by atoms with Crippen LogP contribution in [0.15, 0.2) is 54.3 Å². The molecule has 0 radical (unpaired) electrons. The van der Waals surface area contributed by atoms with Gasteiger partial charge in [0.25, 0.3) is 5.91 Å². The van der Waals surface area contributed by atoms with E-state index in [-0.39, 0.29) is 24.2 Å². The van der Waals surface area contributed by atoms with Crippen LogP contribution in [-0.4, -0.2) is 37.0 Å². The monoisotopic (exact) mass is 315 g/mol. The molecule has 1 saturated heterocycles. The summed E-state index contributed by atoms with van der Waals surface area (Å²) in [6.07, 6.45) is 1.71. The number of ether oxygens (including phenoxy) is 2. The van der Waals surface area contributed by atoms with Crippen LogP contribution in [-0.2, 0) is 25.6 Å². The molecule has 0 aliphatic carbocycles. The standard InChI is InChI=1S/C18H21NO4/c1-4-15-11-19(10-14-8-6-5-7-9-14)18(21)17(15)16(12-22-3)23-13(2)20/h4-9,15H,1,10-12H2,2-3H3/b17-16-. The molecule has 1 heterocycles. The van der Waals surface area contributed by atoms with Crippen LogP contribution in [0.4, 0.5) is 0 Å². The Morgan fingerprint density at radius 1 is 1.39 bits per heavy atom. The number of methoxy groups -OCH3 is 1. The van der Waals surface area contributed by atoms with Gasteiger partial charge >= 0.3 is 5.97 Å². The zero-order valence-electron chi connectivity index (χ0n) is 13.5. The van der Waals surface area contributed by atoms with Gasteiger partial charge < -0.3 is 14.4 Å². The Balaban J connectivity index is 2.29. The van der Waals surface area contributed by atoms with Gasteiger partial charge in [-0.25, -0.2) is 0 Å². The highest BCUT2D eigenvalue weighted by Crippen LogP contribution is 2.30. The van der Waals surface area contributed by atoms with Crippen molar-refractivity contribution in [1.29, 1.82) is 0 Å². The van der Waals surface area contributed by atoms with Crippen LogP contribution < -0.4 is 0 Å². The zero-order chi connectivity index (χ0) is 16.8. The van der Waals surface area contributed by atoms with Gasteiger partial charge in [-0.05, 0) is 5.56 Å². The number of amides is 1. The highest BCUT2D eigenvalue weighted by Gasteiger charge is 2.36. The number of benzene rings is 1. The molecule has 1 aromatic carbocycles. The zero-order valence-corrected chi connectivity index (χ0v) is 13.5. The van der Waals surface area contributed by atoms with Crippen LogP contribution in [0.5, 0.6) is 0 Å². The molecule has 2 rings (SSSR count). The third kappa shape index (κ3) is 4.07. The summed E-state index contributed by atoms with van der Waals surface area (Å²) in [4.78, 5) is 25.8. The van der Waals surface area contributed by atoms with Gasteiger partial charge in [-0.2, -0.15) is 0 Å². The molecular formula is C18H21NO4. The molecule has 1 amide bonds. The maximum atomic E-state index is 12.8. The van der Waals surface area contributed by atoms with Crippen LogP contribution in [0.25, 0.3) is 0 Å². The Morgan fingerprint density at radius 2 is 2.09 bits per heavy atom. The largest absolute Gasteiger partial charge is 0.428 e. The normalized spacial score (nSPS) is 19.7. The van der Waals surface area contributed by atoms with E-state index in [2.05, 4.69) is 6.58 Å². The molecule has 1 unspecified atom stereocenters. The first kappa shape index (κ1) is 17.0. The van der Waals surface area contributed by atoms with E-state index < -0.39 is 5.97 Å². The summed E-state index contributed by atoms with van der Waals surface area (Å²) in [6, 6.07) is 9.75. The number of esters is 1. The Hall–Kier alpha value is -2.40. The number of rotatable bonds is 6. The van der Waals surface area contributed by atoms with Crippen molar-refractivity contribution >= 4 is 11.9 Å². The molecule has 23 heavy (non-hydrogen) atoms. The lowest BCUT2D eigenvalue weighted by Crippen LogP contribution is -2.25. The van der Waals surface area contributed by atoms with Crippen molar-refractivity contribution in [2.75, 3.05) is 20.3 Å². The summed E-state index contributed by atoms with van der Waals surface area (Å²) in [5, 5.41) is 0. The van der Waals surface area contributed by atoms with Crippen molar-refractivity contribution in [2.24, 2.45) is 5.92 Å².